The second-order valence-corrected chi connectivity index (χ2v) is 7.00. The molecular formula is C21H19N7O. The number of aryl methyl sites for hydroxylation is 1. The molecule has 1 aliphatic rings. The molecule has 2 aromatic carbocycles. The molecule has 0 fully saturated rings. The Balaban J connectivity index is 1.45. The standard InChI is InChI=1S/C21H19N7O/c22-19(27-29)14-5-8-16(9-6-14)25-21-23-11-15-12-24-28(20(15)26-21)18-10-7-13-3-1-2-4-17(13)18/h1-6,8-9,11-12,18,29H,7,10H2,(H2,22,27)(H,23,25,26). The van der Waals surface area contributed by atoms with Crippen LogP contribution in [0.2, 0.25) is 0 Å². The molecule has 2 aromatic heterocycles. The molecule has 0 radical (unpaired) electrons. The van der Waals surface area contributed by atoms with Crippen molar-refractivity contribution in [1.29, 1.82) is 5.41 Å². The fourth-order valence-corrected chi connectivity index (χ4v) is 3.83. The van der Waals surface area contributed by atoms with E-state index in [0.29, 0.717) is 11.5 Å². The van der Waals surface area contributed by atoms with Gasteiger partial charge in [0.1, 0.15) is 5.84 Å². The number of nitrogens with zero attached hydrogens (tertiary/aromatic N) is 4. The maximum atomic E-state index is 8.83. The number of nitrogens with one attached hydrogen (secondary N) is 3. The summed E-state index contributed by atoms with van der Waals surface area (Å²) < 4.78 is 1.99. The van der Waals surface area contributed by atoms with Gasteiger partial charge < -0.3 is 5.32 Å². The molecule has 8 heteroatoms. The van der Waals surface area contributed by atoms with Crippen molar-refractivity contribution in [3.63, 3.8) is 0 Å². The van der Waals surface area contributed by atoms with Crippen LogP contribution in [0.3, 0.4) is 0 Å². The van der Waals surface area contributed by atoms with Crippen LogP contribution < -0.4 is 10.8 Å². The second kappa shape index (κ2) is 6.99. The molecule has 5 rings (SSSR count). The smallest absolute Gasteiger partial charge is 0.229 e. The predicted molar refractivity (Wildman–Crippen MR) is 110 cm³/mol. The largest absolute Gasteiger partial charge is 0.324 e. The van der Waals surface area contributed by atoms with E-state index in [-0.39, 0.29) is 11.9 Å². The number of aromatic nitrogens is 4. The molecule has 8 nitrogen and oxygen atoms in total. The Morgan fingerprint density at radius 2 is 1.93 bits per heavy atom. The predicted octanol–water partition coefficient (Wildman–Crippen LogP) is 3.41. The summed E-state index contributed by atoms with van der Waals surface area (Å²) in [6.45, 7) is 0. The zero-order valence-corrected chi connectivity index (χ0v) is 15.5. The van der Waals surface area contributed by atoms with E-state index in [9.17, 15) is 0 Å². The Bertz CT molecular complexity index is 1200. The van der Waals surface area contributed by atoms with Crippen molar-refractivity contribution in [3.8, 4) is 0 Å². The van der Waals surface area contributed by atoms with Gasteiger partial charge in [0.15, 0.2) is 5.65 Å². The average Bonchev–Trinajstić information content (AvgIpc) is 3.37. The number of fused-ring (bicyclic) bond motifs is 2. The number of anilines is 2. The number of benzene rings is 2. The van der Waals surface area contributed by atoms with Gasteiger partial charge in [-0.05, 0) is 48.2 Å². The minimum absolute atomic E-state index is 0.0602. The molecule has 29 heavy (non-hydrogen) atoms. The van der Waals surface area contributed by atoms with Crippen LogP contribution in [0, 0.1) is 5.41 Å². The van der Waals surface area contributed by atoms with Gasteiger partial charge in [-0.15, -0.1) is 0 Å². The number of rotatable bonds is 4. The molecule has 0 saturated heterocycles. The van der Waals surface area contributed by atoms with Crippen molar-refractivity contribution in [2.24, 2.45) is 0 Å². The van der Waals surface area contributed by atoms with Crippen LogP contribution in [0.15, 0.2) is 60.9 Å². The minimum atomic E-state index is -0.0602. The van der Waals surface area contributed by atoms with Crippen molar-refractivity contribution in [2.45, 2.75) is 18.9 Å². The molecule has 1 atom stereocenters. The van der Waals surface area contributed by atoms with Gasteiger partial charge in [0.25, 0.3) is 0 Å². The molecule has 4 aromatic rings. The quantitative estimate of drug-likeness (QED) is 0.243. The lowest BCUT2D eigenvalue weighted by molar-refractivity contribution is 0.234. The van der Waals surface area contributed by atoms with Gasteiger partial charge in [0.05, 0.1) is 17.6 Å². The molecular weight excluding hydrogens is 366 g/mol. The highest BCUT2D eigenvalue weighted by molar-refractivity contribution is 5.95. The van der Waals surface area contributed by atoms with Crippen molar-refractivity contribution in [3.05, 3.63) is 77.6 Å². The SMILES string of the molecule is N=C(NO)c1ccc(Nc2ncc3cnn(C4CCc5ccccc54)c3n2)cc1. The molecule has 0 aliphatic heterocycles. The van der Waals surface area contributed by atoms with Gasteiger partial charge in [-0.2, -0.15) is 10.1 Å². The maximum absolute atomic E-state index is 8.83. The number of hydrogen-bond donors (Lipinski definition) is 4. The normalized spacial score (nSPS) is 15.3. The highest BCUT2D eigenvalue weighted by Crippen LogP contribution is 2.35. The Morgan fingerprint density at radius 3 is 2.76 bits per heavy atom. The first-order valence-corrected chi connectivity index (χ1v) is 9.37. The summed E-state index contributed by atoms with van der Waals surface area (Å²) in [5.74, 6) is 0.420. The number of hydroxylamine groups is 1. The summed E-state index contributed by atoms with van der Waals surface area (Å²) in [4.78, 5) is 9.10. The topological polar surface area (TPSA) is 112 Å². The fraction of sp³-hybridized carbons (Fsp3) is 0.143. The molecule has 144 valence electrons. The summed E-state index contributed by atoms with van der Waals surface area (Å²) >= 11 is 0. The fourth-order valence-electron chi connectivity index (χ4n) is 3.83. The first-order valence-electron chi connectivity index (χ1n) is 9.37. The van der Waals surface area contributed by atoms with E-state index in [1.807, 2.05) is 16.4 Å². The van der Waals surface area contributed by atoms with Gasteiger partial charge in [-0.3, -0.25) is 16.1 Å². The van der Waals surface area contributed by atoms with Crippen molar-refractivity contribution >= 4 is 28.5 Å². The van der Waals surface area contributed by atoms with E-state index in [1.54, 1.807) is 30.5 Å². The molecule has 0 saturated carbocycles. The van der Waals surface area contributed by atoms with Crippen LogP contribution in [-0.4, -0.2) is 30.8 Å². The van der Waals surface area contributed by atoms with Gasteiger partial charge in [0, 0.05) is 17.4 Å². The summed E-state index contributed by atoms with van der Waals surface area (Å²) in [6.07, 6.45) is 5.63. The van der Waals surface area contributed by atoms with E-state index < -0.39 is 0 Å². The minimum Gasteiger partial charge on any atom is -0.324 e. The third-order valence-corrected chi connectivity index (χ3v) is 5.27. The lowest BCUT2D eigenvalue weighted by Gasteiger charge is -2.13. The van der Waals surface area contributed by atoms with Gasteiger partial charge in [-0.1, -0.05) is 24.3 Å². The Kier molecular flexibility index (Phi) is 4.18. The third kappa shape index (κ3) is 3.09. The monoisotopic (exact) mass is 385 g/mol. The van der Waals surface area contributed by atoms with Crippen LogP contribution in [0.4, 0.5) is 11.6 Å². The zero-order chi connectivity index (χ0) is 19.8. The van der Waals surface area contributed by atoms with E-state index in [0.717, 1.165) is 29.6 Å². The van der Waals surface area contributed by atoms with Crippen molar-refractivity contribution < 1.29 is 5.21 Å². The first kappa shape index (κ1) is 17.3. The van der Waals surface area contributed by atoms with E-state index in [2.05, 4.69) is 39.7 Å². The lowest BCUT2D eigenvalue weighted by atomic mass is 10.1. The van der Waals surface area contributed by atoms with Crippen LogP contribution in [0.5, 0.6) is 0 Å². The Morgan fingerprint density at radius 1 is 1.10 bits per heavy atom. The summed E-state index contributed by atoms with van der Waals surface area (Å²) in [5, 5.41) is 25.1. The molecule has 0 amide bonds. The molecule has 0 spiro atoms. The van der Waals surface area contributed by atoms with E-state index in [4.69, 9.17) is 15.6 Å². The first-order chi connectivity index (χ1) is 14.2. The van der Waals surface area contributed by atoms with Crippen LogP contribution in [-0.2, 0) is 6.42 Å². The van der Waals surface area contributed by atoms with Gasteiger partial charge >= 0.3 is 0 Å². The Hall–Kier alpha value is -3.78. The summed E-state index contributed by atoms with van der Waals surface area (Å²) in [5.41, 5.74) is 6.68. The lowest BCUT2D eigenvalue weighted by Crippen LogP contribution is -2.18. The molecule has 0 bridgehead atoms. The number of hydrogen-bond acceptors (Lipinski definition) is 6. The van der Waals surface area contributed by atoms with E-state index in [1.165, 1.54) is 11.1 Å². The van der Waals surface area contributed by atoms with Gasteiger partial charge in [-0.25, -0.2) is 9.67 Å². The zero-order valence-electron chi connectivity index (χ0n) is 15.5. The number of amidine groups is 1. The third-order valence-electron chi connectivity index (χ3n) is 5.27. The molecule has 1 unspecified atom stereocenters. The molecule has 2 heterocycles. The molecule has 4 N–H and O–H groups in total. The second-order valence-electron chi connectivity index (χ2n) is 7.00. The highest BCUT2D eigenvalue weighted by Gasteiger charge is 2.26. The Labute approximate surface area is 166 Å². The molecule has 1 aliphatic carbocycles. The van der Waals surface area contributed by atoms with Crippen LogP contribution in [0.25, 0.3) is 11.0 Å². The van der Waals surface area contributed by atoms with Crippen molar-refractivity contribution in [1.82, 2.24) is 25.2 Å². The summed E-state index contributed by atoms with van der Waals surface area (Å²) in [7, 11) is 0. The highest BCUT2D eigenvalue weighted by atomic mass is 16.5. The maximum Gasteiger partial charge on any atom is 0.229 e. The van der Waals surface area contributed by atoms with Crippen LogP contribution >= 0.6 is 0 Å². The average molecular weight is 385 g/mol. The van der Waals surface area contributed by atoms with Crippen molar-refractivity contribution in [2.75, 3.05) is 5.32 Å². The van der Waals surface area contributed by atoms with Gasteiger partial charge in [0.2, 0.25) is 5.95 Å². The van der Waals surface area contributed by atoms with E-state index >= 15 is 0 Å². The van der Waals surface area contributed by atoms with Crippen LogP contribution in [0.1, 0.15) is 29.2 Å². The summed E-state index contributed by atoms with van der Waals surface area (Å²) in [6, 6.07) is 15.7.